The molecule has 0 heterocycles. The summed E-state index contributed by atoms with van der Waals surface area (Å²) in [5.41, 5.74) is 2.68. The fourth-order valence-corrected chi connectivity index (χ4v) is 1.71. The molecule has 0 saturated heterocycles. The quantitative estimate of drug-likeness (QED) is 0.891. The van der Waals surface area contributed by atoms with Crippen molar-refractivity contribution in [3.63, 3.8) is 0 Å². The van der Waals surface area contributed by atoms with E-state index in [0.717, 1.165) is 12.8 Å². The average molecular weight is 249 g/mol. The van der Waals surface area contributed by atoms with Crippen molar-refractivity contribution in [2.75, 3.05) is 20.2 Å². The van der Waals surface area contributed by atoms with Crippen LogP contribution in [0.15, 0.2) is 24.3 Å². The largest absolute Gasteiger partial charge is 0.395 e. The maximum absolute atomic E-state index is 11.1. The fraction of sp³-hybridized carbons (Fsp3) is 0.533. The summed E-state index contributed by atoms with van der Waals surface area (Å²) in [6, 6.07) is 8.45. The van der Waals surface area contributed by atoms with Crippen molar-refractivity contribution < 1.29 is 9.90 Å². The van der Waals surface area contributed by atoms with E-state index in [0.29, 0.717) is 6.54 Å². The van der Waals surface area contributed by atoms with E-state index in [2.05, 4.69) is 38.1 Å². The summed E-state index contributed by atoms with van der Waals surface area (Å²) in [5.74, 6) is 0.464. The van der Waals surface area contributed by atoms with Crippen LogP contribution in [0.5, 0.6) is 0 Å². The highest BCUT2D eigenvalue weighted by Gasteiger charge is 2.31. The molecule has 0 spiro atoms. The topological polar surface area (TPSA) is 40.5 Å². The normalized spacial score (nSPS) is 13.6. The Morgan fingerprint density at radius 1 is 1.33 bits per heavy atom. The first-order valence-corrected chi connectivity index (χ1v) is 6.43. The number of nitrogens with zero attached hydrogens (tertiary/aromatic N) is 1. The molecule has 2 rings (SSSR count). The number of aliphatic hydroxyl groups excluding tert-OH is 1. The zero-order valence-electron chi connectivity index (χ0n) is 11.5. The number of likely N-dealkylation sites (N-methyl/N-ethyl adjacent to an activating group) is 1. The van der Waals surface area contributed by atoms with Gasteiger partial charge in [0.25, 0.3) is 0 Å². The summed E-state index contributed by atoms with van der Waals surface area (Å²) in [6.07, 6.45) is 2.07. The molecule has 18 heavy (non-hydrogen) atoms. The van der Waals surface area contributed by atoms with Gasteiger partial charge in [0.15, 0.2) is 0 Å². The number of carbonyl (C=O) groups is 1. The Bertz CT molecular complexity index is 369. The summed E-state index contributed by atoms with van der Waals surface area (Å²) in [4.78, 5) is 12.7. The van der Waals surface area contributed by atoms with Gasteiger partial charge in [-0.1, -0.05) is 35.4 Å². The van der Waals surface area contributed by atoms with Crippen LogP contribution >= 0.6 is 0 Å². The minimum absolute atomic E-state index is 0.0644. The van der Waals surface area contributed by atoms with Gasteiger partial charge in [-0.2, -0.15) is 0 Å². The van der Waals surface area contributed by atoms with Crippen molar-refractivity contribution >= 4 is 5.91 Å². The van der Waals surface area contributed by atoms with E-state index in [1.54, 1.807) is 11.9 Å². The van der Waals surface area contributed by atoms with Gasteiger partial charge in [0.05, 0.1) is 6.61 Å². The molecule has 1 fully saturated rings. The van der Waals surface area contributed by atoms with Crippen LogP contribution in [0.25, 0.3) is 0 Å². The second kappa shape index (κ2) is 7.17. The van der Waals surface area contributed by atoms with Crippen molar-refractivity contribution in [1.29, 1.82) is 0 Å². The molecular formula is C15H23NO2. The molecule has 1 amide bonds. The van der Waals surface area contributed by atoms with Gasteiger partial charge in [-0.05, 0) is 26.7 Å². The van der Waals surface area contributed by atoms with Gasteiger partial charge in [-0.3, -0.25) is 4.79 Å². The predicted octanol–water partition coefficient (Wildman–Crippen LogP) is 2.15. The monoisotopic (exact) mass is 249 g/mol. The lowest BCUT2D eigenvalue weighted by Crippen LogP contribution is -2.30. The van der Waals surface area contributed by atoms with Crippen LogP contribution in [0.1, 0.15) is 24.0 Å². The smallest absolute Gasteiger partial charge is 0.225 e. The third-order valence-electron chi connectivity index (χ3n) is 2.91. The Balaban J connectivity index is 0.000000184. The Hall–Kier alpha value is -1.35. The van der Waals surface area contributed by atoms with Crippen molar-refractivity contribution in [2.45, 2.75) is 26.7 Å². The number of amides is 1. The average Bonchev–Trinajstić information content (AvgIpc) is 3.12. The predicted molar refractivity (Wildman–Crippen MR) is 73.4 cm³/mol. The molecule has 0 aliphatic heterocycles. The van der Waals surface area contributed by atoms with E-state index in [1.165, 1.54) is 11.1 Å². The number of hydrogen-bond acceptors (Lipinski definition) is 2. The second-order valence-electron chi connectivity index (χ2n) is 4.92. The molecular weight excluding hydrogens is 226 g/mol. The summed E-state index contributed by atoms with van der Waals surface area (Å²) < 4.78 is 0. The number of aliphatic hydroxyl groups is 1. The van der Waals surface area contributed by atoms with E-state index in [4.69, 9.17) is 5.11 Å². The van der Waals surface area contributed by atoms with E-state index in [9.17, 15) is 4.79 Å². The van der Waals surface area contributed by atoms with Gasteiger partial charge in [-0.25, -0.2) is 0 Å². The SMILES string of the molecule is CN(CCO)C(=O)C1CC1.Cc1cccc(C)c1. The van der Waals surface area contributed by atoms with Gasteiger partial charge >= 0.3 is 0 Å². The molecule has 1 saturated carbocycles. The Kier molecular flexibility index (Phi) is 5.86. The molecule has 0 atom stereocenters. The minimum atomic E-state index is 0.0644. The van der Waals surface area contributed by atoms with Crippen molar-refractivity contribution in [3.8, 4) is 0 Å². The van der Waals surface area contributed by atoms with Gasteiger partial charge < -0.3 is 10.0 Å². The summed E-state index contributed by atoms with van der Waals surface area (Å²) in [7, 11) is 1.73. The van der Waals surface area contributed by atoms with Crippen LogP contribution in [-0.2, 0) is 4.79 Å². The molecule has 1 N–H and O–H groups in total. The number of aryl methyl sites for hydroxylation is 2. The summed E-state index contributed by atoms with van der Waals surface area (Å²) in [6.45, 7) is 4.74. The third-order valence-corrected chi connectivity index (χ3v) is 2.91. The molecule has 0 bridgehead atoms. The molecule has 0 aromatic heterocycles. The van der Waals surface area contributed by atoms with Gasteiger partial charge in [-0.15, -0.1) is 0 Å². The number of carbonyl (C=O) groups excluding carboxylic acids is 1. The highest BCUT2D eigenvalue weighted by Crippen LogP contribution is 2.30. The highest BCUT2D eigenvalue weighted by molar-refractivity contribution is 5.80. The van der Waals surface area contributed by atoms with Gasteiger partial charge in [0, 0.05) is 19.5 Å². The van der Waals surface area contributed by atoms with E-state index in [1.807, 2.05) is 0 Å². The zero-order valence-corrected chi connectivity index (χ0v) is 11.5. The minimum Gasteiger partial charge on any atom is -0.395 e. The van der Waals surface area contributed by atoms with Crippen LogP contribution in [0.2, 0.25) is 0 Å². The lowest BCUT2D eigenvalue weighted by Gasteiger charge is -2.14. The Labute approximate surface area is 109 Å². The highest BCUT2D eigenvalue weighted by atomic mass is 16.3. The van der Waals surface area contributed by atoms with Crippen LogP contribution < -0.4 is 0 Å². The van der Waals surface area contributed by atoms with Crippen molar-refractivity contribution in [1.82, 2.24) is 4.90 Å². The van der Waals surface area contributed by atoms with E-state index >= 15 is 0 Å². The van der Waals surface area contributed by atoms with Crippen molar-refractivity contribution in [3.05, 3.63) is 35.4 Å². The molecule has 3 nitrogen and oxygen atoms in total. The standard InChI is InChI=1S/C8H10.C7H13NO2/c1-7-4-3-5-8(2)6-7;1-8(4-5-9)7(10)6-2-3-6/h3-6H,1-2H3;6,9H,2-5H2,1H3. The molecule has 100 valence electrons. The fourth-order valence-electron chi connectivity index (χ4n) is 1.71. The van der Waals surface area contributed by atoms with Crippen LogP contribution in [0.3, 0.4) is 0 Å². The van der Waals surface area contributed by atoms with Gasteiger partial charge in [0.2, 0.25) is 5.91 Å². The molecule has 1 aromatic rings. The van der Waals surface area contributed by atoms with Crippen LogP contribution in [0.4, 0.5) is 0 Å². The first-order chi connectivity index (χ1) is 8.54. The van der Waals surface area contributed by atoms with Crippen LogP contribution in [0, 0.1) is 19.8 Å². The first-order valence-electron chi connectivity index (χ1n) is 6.43. The lowest BCUT2D eigenvalue weighted by molar-refractivity contribution is -0.131. The van der Waals surface area contributed by atoms with E-state index < -0.39 is 0 Å². The molecule has 0 unspecified atom stereocenters. The van der Waals surface area contributed by atoms with E-state index in [-0.39, 0.29) is 18.4 Å². The lowest BCUT2D eigenvalue weighted by atomic mass is 10.2. The second-order valence-corrected chi connectivity index (χ2v) is 4.92. The molecule has 1 aliphatic rings. The molecule has 1 aliphatic carbocycles. The number of rotatable bonds is 3. The Morgan fingerprint density at radius 2 is 1.89 bits per heavy atom. The molecule has 3 heteroatoms. The number of hydrogen-bond donors (Lipinski definition) is 1. The van der Waals surface area contributed by atoms with Crippen molar-refractivity contribution in [2.24, 2.45) is 5.92 Å². The van der Waals surface area contributed by atoms with Gasteiger partial charge in [0.1, 0.15) is 0 Å². The first kappa shape index (κ1) is 14.7. The molecule has 1 aromatic carbocycles. The summed E-state index contributed by atoms with van der Waals surface area (Å²) in [5, 5.41) is 8.49. The third kappa shape index (κ3) is 5.32. The van der Waals surface area contributed by atoms with Crippen LogP contribution in [-0.4, -0.2) is 36.1 Å². The maximum atomic E-state index is 11.1. The Morgan fingerprint density at radius 3 is 2.22 bits per heavy atom. The number of benzene rings is 1. The maximum Gasteiger partial charge on any atom is 0.225 e. The molecule has 0 radical (unpaired) electrons. The zero-order chi connectivity index (χ0) is 13.5. The summed E-state index contributed by atoms with van der Waals surface area (Å²) >= 11 is 0.